The maximum absolute atomic E-state index is 12.4. The Kier molecular flexibility index (Phi) is 6.82. The number of carbonyl (C=O) groups excluding carboxylic acids is 2. The number of hydrogen-bond acceptors (Lipinski definition) is 3. The molecule has 1 fully saturated rings. The second kappa shape index (κ2) is 8.85. The molecule has 1 aromatic carbocycles. The molecule has 6 heteroatoms. The van der Waals surface area contributed by atoms with E-state index in [1.165, 1.54) is 0 Å². The molecule has 1 aliphatic rings. The quantitative estimate of drug-likeness (QED) is 0.831. The number of nitrogens with one attached hydrogen (secondary N) is 2. The number of likely N-dealkylation sites (N-methyl/N-ethyl adjacent to an activating group) is 1. The molecule has 138 valence electrons. The van der Waals surface area contributed by atoms with Crippen LogP contribution in [0.2, 0.25) is 0 Å². The summed E-state index contributed by atoms with van der Waals surface area (Å²) in [5, 5.41) is 5.78. The fraction of sp³-hybridized carbons (Fsp3) is 0.579. The number of benzene rings is 1. The van der Waals surface area contributed by atoms with Gasteiger partial charge in [-0.25, -0.2) is 4.79 Å². The zero-order chi connectivity index (χ0) is 18.4. The monoisotopic (exact) mass is 346 g/mol. The first-order valence-corrected chi connectivity index (χ1v) is 9.15. The summed E-state index contributed by atoms with van der Waals surface area (Å²) in [6.45, 7) is 11.6. The van der Waals surface area contributed by atoms with Crippen molar-refractivity contribution in [3.8, 4) is 0 Å². The van der Waals surface area contributed by atoms with E-state index in [1.807, 2.05) is 30.9 Å². The van der Waals surface area contributed by atoms with E-state index >= 15 is 0 Å². The predicted molar refractivity (Wildman–Crippen MR) is 102 cm³/mol. The maximum Gasteiger partial charge on any atom is 0.321 e. The van der Waals surface area contributed by atoms with Crippen molar-refractivity contribution < 1.29 is 9.59 Å². The van der Waals surface area contributed by atoms with E-state index in [-0.39, 0.29) is 17.9 Å². The van der Waals surface area contributed by atoms with Crippen molar-refractivity contribution in [2.75, 3.05) is 36.8 Å². The van der Waals surface area contributed by atoms with Gasteiger partial charge in [-0.3, -0.25) is 9.69 Å². The zero-order valence-corrected chi connectivity index (χ0v) is 15.7. The molecule has 3 amide bonds. The number of nitrogens with zero attached hydrogens (tertiary/aromatic N) is 2. The van der Waals surface area contributed by atoms with Gasteiger partial charge in [0.1, 0.15) is 0 Å². The third kappa shape index (κ3) is 5.19. The van der Waals surface area contributed by atoms with Crippen LogP contribution in [0.1, 0.15) is 34.1 Å². The Bertz CT molecular complexity index is 582. The molecular formula is C19H30N4O2. The highest BCUT2D eigenvalue weighted by molar-refractivity contribution is 5.93. The van der Waals surface area contributed by atoms with Gasteiger partial charge in [-0.1, -0.05) is 27.7 Å². The van der Waals surface area contributed by atoms with Crippen LogP contribution in [0.3, 0.4) is 0 Å². The summed E-state index contributed by atoms with van der Waals surface area (Å²) in [6, 6.07) is 7.62. The number of amides is 3. The number of hydrogen-bond donors (Lipinski definition) is 2. The van der Waals surface area contributed by atoms with E-state index < -0.39 is 0 Å². The summed E-state index contributed by atoms with van der Waals surface area (Å²) >= 11 is 0. The molecule has 6 nitrogen and oxygen atoms in total. The van der Waals surface area contributed by atoms with Crippen LogP contribution < -0.4 is 10.6 Å². The summed E-state index contributed by atoms with van der Waals surface area (Å²) in [6.07, 6.45) is 1.02. The lowest BCUT2D eigenvalue weighted by Crippen LogP contribution is -2.39. The Hall–Kier alpha value is -2.08. The lowest BCUT2D eigenvalue weighted by Gasteiger charge is -2.26. The van der Waals surface area contributed by atoms with Crippen LogP contribution in [0.5, 0.6) is 0 Å². The molecule has 25 heavy (non-hydrogen) atoms. The van der Waals surface area contributed by atoms with Crippen molar-refractivity contribution in [3.05, 3.63) is 24.3 Å². The molecular weight excluding hydrogens is 316 g/mol. The van der Waals surface area contributed by atoms with Crippen LogP contribution in [-0.2, 0) is 4.79 Å². The average molecular weight is 346 g/mol. The molecule has 1 saturated heterocycles. The van der Waals surface area contributed by atoms with E-state index in [0.717, 1.165) is 44.0 Å². The van der Waals surface area contributed by atoms with Crippen LogP contribution in [0.4, 0.5) is 16.2 Å². The highest BCUT2D eigenvalue weighted by atomic mass is 16.2. The zero-order valence-electron chi connectivity index (χ0n) is 15.7. The minimum atomic E-state index is -0.0618. The van der Waals surface area contributed by atoms with E-state index in [2.05, 4.69) is 29.4 Å². The smallest absolute Gasteiger partial charge is 0.321 e. The second-order valence-electron chi connectivity index (χ2n) is 6.76. The number of urea groups is 1. The third-order valence-electron chi connectivity index (χ3n) is 4.71. The minimum absolute atomic E-state index is 0.0173. The summed E-state index contributed by atoms with van der Waals surface area (Å²) in [7, 11) is 0. The average Bonchev–Trinajstić information content (AvgIpc) is 3.07. The van der Waals surface area contributed by atoms with Crippen LogP contribution >= 0.6 is 0 Å². The van der Waals surface area contributed by atoms with Crippen LogP contribution in [0, 0.1) is 5.92 Å². The summed E-state index contributed by atoms with van der Waals surface area (Å²) in [5.41, 5.74) is 1.47. The van der Waals surface area contributed by atoms with Crippen molar-refractivity contribution in [2.24, 2.45) is 5.92 Å². The SMILES string of the molecule is CCN(CC)C1CCN(C(=O)Nc2ccc(NC(=O)C(C)C)cc2)C1. The standard InChI is InChI=1S/C19H30N4O2/c1-5-22(6-2)17-11-12-23(13-17)19(25)21-16-9-7-15(8-10-16)20-18(24)14(3)4/h7-10,14,17H,5-6,11-13H2,1-4H3,(H,20,24)(H,21,25). The molecule has 0 aliphatic carbocycles. The Labute approximate surface area is 150 Å². The van der Waals surface area contributed by atoms with Crippen LogP contribution in [-0.4, -0.2) is 54.0 Å². The van der Waals surface area contributed by atoms with Gasteiger partial charge in [0, 0.05) is 36.4 Å². The van der Waals surface area contributed by atoms with Crippen molar-refractivity contribution in [1.82, 2.24) is 9.80 Å². The van der Waals surface area contributed by atoms with Crippen molar-refractivity contribution >= 4 is 23.3 Å². The van der Waals surface area contributed by atoms with Crippen molar-refractivity contribution in [3.63, 3.8) is 0 Å². The molecule has 2 N–H and O–H groups in total. The minimum Gasteiger partial charge on any atom is -0.326 e. The lowest BCUT2D eigenvalue weighted by molar-refractivity contribution is -0.118. The lowest BCUT2D eigenvalue weighted by atomic mass is 10.2. The number of anilines is 2. The molecule has 1 heterocycles. The van der Waals surface area contributed by atoms with Gasteiger partial charge in [-0.05, 0) is 43.8 Å². The molecule has 0 spiro atoms. The highest BCUT2D eigenvalue weighted by Crippen LogP contribution is 2.18. The van der Waals surface area contributed by atoms with E-state index in [9.17, 15) is 9.59 Å². The number of rotatable bonds is 6. The highest BCUT2D eigenvalue weighted by Gasteiger charge is 2.29. The Morgan fingerprint density at radius 3 is 2.20 bits per heavy atom. The fourth-order valence-electron chi connectivity index (χ4n) is 3.09. The van der Waals surface area contributed by atoms with Crippen molar-refractivity contribution in [2.45, 2.75) is 40.2 Å². The first kappa shape index (κ1) is 19.2. The largest absolute Gasteiger partial charge is 0.326 e. The number of carbonyl (C=O) groups is 2. The summed E-state index contributed by atoms with van der Waals surface area (Å²) in [4.78, 5) is 28.4. The molecule has 0 bridgehead atoms. The van der Waals surface area contributed by atoms with Gasteiger partial charge >= 0.3 is 6.03 Å². The second-order valence-corrected chi connectivity index (χ2v) is 6.76. The van der Waals surface area contributed by atoms with Gasteiger partial charge in [0.05, 0.1) is 0 Å². The topological polar surface area (TPSA) is 64.7 Å². The molecule has 1 aliphatic heterocycles. The molecule has 0 aromatic heterocycles. The predicted octanol–water partition coefficient (Wildman–Crippen LogP) is 3.23. The Balaban J connectivity index is 1.88. The fourth-order valence-corrected chi connectivity index (χ4v) is 3.09. The van der Waals surface area contributed by atoms with Gasteiger partial charge in [-0.2, -0.15) is 0 Å². The van der Waals surface area contributed by atoms with E-state index in [4.69, 9.17) is 0 Å². The normalized spacial score (nSPS) is 17.2. The van der Waals surface area contributed by atoms with Crippen LogP contribution in [0.25, 0.3) is 0 Å². The molecule has 1 aromatic rings. The van der Waals surface area contributed by atoms with Gasteiger partial charge in [-0.15, -0.1) is 0 Å². The first-order chi connectivity index (χ1) is 11.9. The Morgan fingerprint density at radius 1 is 1.12 bits per heavy atom. The Morgan fingerprint density at radius 2 is 1.68 bits per heavy atom. The molecule has 1 atom stereocenters. The van der Waals surface area contributed by atoms with E-state index in [1.54, 1.807) is 12.1 Å². The van der Waals surface area contributed by atoms with Crippen LogP contribution in [0.15, 0.2) is 24.3 Å². The summed E-state index contributed by atoms with van der Waals surface area (Å²) < 4.78 is 0. The van der Waals surface area contributed by atoms with Gasteiger partial charge in [0.15, 0.2) is 0 Å². The molecule has 0 saturated carbocycles. The number of likely N-dealkylation sites (tertiary alicyclic amines) is 1. The third-order valence-corrected chi connectivity index (χ3v) is 4.71. The van der Waals surface area contributed by atoms with Gasteiger partial charge in [0.25, 0.3) is 0 Å². The molecule has 0 radical (unpaired) electrons. The first-order valence-electron chi connectivity index (χ1n) is 9.15. The maximum atomic E-state index is 12.4. The molecule has 2 rings (SSSR count). The van der Waals surface area contributed by atoms with Crippen molar-refractivity contribution in [1.29, 1.82) is 0 Å². The van der Waals surface area contributed by atoms with Gasteiger partial charge in [0.2, 0.25) is 5.91 Å². The summed E-state index contributed by atoms with van der Waals surface area (Å²) in [5.74, 6) is -0.0791. The molecule has 1 unspecified atom stereocenters. The van der Waals surface area contributed by atoms with E-state index in [0.29, 0.717) is 6.04 Å². The van der Waals surface area contributed by atoms with Gasteiger partial charge < -0.3 is 15.5 Å².